The molecular weight excluding hydrogens is 371 g/mol. The Morgan fingerprint density at radius 2 is 2.19 bits per heavy atom. The molecule has 1 fully saturated rings. The second kappa shape index (κ2) is 7.17. The van der Waals surface area contributed by atoms with Crippen LogP contribution >= 0.6 is 11.6 Å². The highest BCUT2D eigenvalue weighted by molar-refractivity contribution is 6.31. The fourth-order valence-electron chi connectivity index (χ4n) is 2.88. The number of nitriles is 1. The largest absolute Gasteiger partial charge is 0.350 e. The number of nitrogens with one attached hydrogen (secondary N) is 2. The maximum Gasteiger partial charge on any atom is 0.223 e. The van der Waals surface area contributed by atoms with Crippen molar-refractivity contribution in [2.75, 3.05) is 23.7 Å². The Balaban J connectivity index is 1.61. The van der Waals surface area contributed by atoms with E-state index >= 15 is 0 Å². The fraction of sp³-hybridized carbons (Fsp3) is 0.235. The number of anilines is 3. The summed E-state index contributed by atoms with van der Waals surface area (Å²) < 4.78 is 13.4. The number of halogens is 2. The van der Waals surface area contributed by atoms with Crippen molar-refractivity contribution in [2.24, 2.45) is 0 Å². The molecule has 1 aliphatic rings. The van der Waals surface area contributed by atoms with Gasteiger partial charge >= 0.3 is 0 Å². The minimum absolute atomic E-state index is 0.0126. The van der Waals surface area contributed by atoms with E-state index in [-0.39, 0.29) is 11.1 Å². The molecule has 2 aromatic heterocycles. The third kappa shape index (κ3) is 3.66. The average Bonchev–Trinajstić information content (AvgIpc) is 3.13. The summed E-state index contributed by atoms with van der Waals surface area (Å²) in [6.07, 6.45) is 5.97. The molecule has 2 N–H and O–H groups in total. The zero-order chi connectivity index (χ0) is 18.8. The molecule has 4 rings (SSSR count). The van der Waals surface area contributed by atoms with E-state index in [1.54, 1.807) is 17.2 Å². The maximum absolute atomic E-state index is 13.4. The summed E-state index contributed by atoms with van der Waals surface area (Å²) >= 11 is 5.83. The summed E-state index contributed by atoms with van der Waals surface area (Å²) in [5, 5.41) is 15.3. The van der Waals surface area contributed by atoms with Crippen molar-refractivity contribution in [1.82, 2.24) is 24.8 Å². The molecule has 0 amide bonds. The minimum Gasteiger partial charge on any atom is -0.350 e. The van der Waals surface area contributed by atoms with Gasteiger partial charge in [-0.2, -0.15) is 5.26 Å². The highest BCUT2D eigenvalue weighted by atomic mass is 35.5. The smallest absolute Gasteiger partial charge is 0.223 e. The first-order valence-electron chi connectivity index (χ1n) is 8.23. The molecule has 0 spiro atoms. The lowest BCUT2D eigenvalue weighted by Crippen LogP contribution is -2.24. The number of benzene rings is 1. The highest BCUT2D eigenvalue weighted by Gasteiger charge is 2.22. The third-order valence-corrected chi connectivity index (χ3v) is 4.51. The van der Waals surface area contributed by atoms with E-state index in [0.717, 1.165) is 6.42 Å². The predicted molar refractivity (Wildman–Crippen MR) is 99.0 cm³/mol. The van der Waals surface area contributed by atoms with E-state index in [4.69, 9.17) is 16.9 Å². The molecule has 27 heavy (non-hydrogen) atoms. The Kier molecular flexibility index (Phi) is 4.56. The van der Waals surface area contributed by atoms with Gasteiger partial charge in [0.1, 0.15) is 23.2 Å². The Hall–Kier alpha value is -3.25. The van der Waals surface area contributed by atoms with Crippen LogP contribution in [0.3, 0.4) is 0 Å². The summed E-state index contributed by atoms with van der Waals surface area (Å²) in [6.45, 7) is 1.32. The van der Waals surface area contributed by atoms with Crippen LogP contribution in [0.4, 0.5) is 21.8 Å². The molecule has 136 valence electrons. The molecule has 0 saturated carbocycles. The predicted octanol–water partition coefficient (Wildman–Crippen LogP) is 2.92. The number of likely N-dealkylation sites (tertiary alicyclic amines) is 1. The highest BCUT2D eigenvalue weighted by Crippen LogP contribution is 2.25. The first kappa shape index (κ1) is 17.2. The number of nitrogens with zero attached hydrogens (tertiary/aromatic N) is 6. The van der Waals surface area contributed by atoms with Gasteiger partial charge < -0.3 is 15.5 Å². The number of hydrogen-bond donors (Lipinski definition) is 2. The van der Waals surface area contributed by atoms with Crippen LogP contribution < -0.4 is 10.6 Å². The van der Waals surface area contributed by atoms with Crippen molar-refractivity contribution in [3.05, 3.63) is 41.6 Å². The standard InChI is InChI=1S/C17H14ClFN8/c18-12-5-10(1-2-13(12)19)24-16-15-14(22-9-23-16)6-21-17(26-15)25-11-3-4-27(7-11)8-20/h1-2,5-6,9,11H,3-4,7H2,(H,21,25,26)(H,22,23,24). The zero-order valence-corrected chi connectivity index (χ0v) is 14.8. The molecular formula is C17H14ClFN8. The quantitative estimate of drug-likeness (QED) is 0.662. The van der Waals surface area contributed by atoms with Crippen LogP contribution in [0, 0.1) is 17.3 Å². The fourth-order valence-corrected chi connectivity index (χ4v) is 3.06. The maximum atomic E-state index is 13.4. The van der Waals surface area contributed by atoms with Crippen molar-refractivity contribution >= 4 is 40.1 Å². The van der Waals surface area contributed by atoms with Crippen molar-refractivity contribution < 1.29 is 4.39 Å². The third-order valence-electron chi connectivity index (χ3n) is 4.22. The van der Waals surface area contributed by atoms with E-state index < -0.39 is 5.82 Å². The Labute approximate surface area is 159 Å². The first-order valence-corrected chi connectivity index (χ1v) is 8.61. The summed E-state index contributed by atoms with van der Waals surface area (Å²) in [4.78, 5) is 18.9. The lowest BCUT2D eigenvalue weighted by molar-refractivity contribution is 0.482. The normalized spacial score (nSPS) is 16.3. The topological polar surface area (TPSA) is 103 Å². The van der Waals surface area contributed by atoms with Gasteiger partial charge in [0.15, 0.2) is 12.0 Å². The molecule has 3 heterocycles. The van der Waals surface area contributed by atoms with Crippen LogP contribution in [0.1, 0.15) is 6.42 Å². The van der Waals surface area contributed by atoms with Gasteiger partial charge in [0.2, 0.25) is 5.95 Å². The molecule has 8 nitrogen and oxygen atoms in total. The lowest BCUT2D eigenvalue weighted by atomic mass is 10.3. The monoisotopic (exact) mass is 384 g/mol. The van der Waals surface area contributed by atoms with Crippen LogP contribution in [0.5, 0.6) is 0 Å². The summed E-state index contributed by atoms with van der Waals surface area (Å²) in [5.74, 6) is 0.395. The van der Waals surface area contributed by atoms with Crippen LogP contribution in [-0.2, 0) is 0 Å². The Morgan fingerprint density at radius 1 is 1.30 bits per heavy atom. The van der Waals surface area contributed by atoms with Gasteiger partial charge in [-0.05, 0) is 24.6 Å². The van der Waals surface area contributed by atoms with Gasteiger partial charge in [-0.15, -0.1) is 0 Å². The second-order valence-corrected chi connectivity index (χ2v) is 6.49. The average molecular weight is 385 g/mol. The second-order valence-electron chi connectivity index (χ2n) is 6.08. The van der Waals surface area contributed by atoms with Gasteiger partial charge in [0.05, 0.1) is 11.2 Å². The minimum atomic E-state index is -0.494. The van der Waals surface area contributed by atoms with Gasteiger partial charge in [0, 0.05) is 24.8 Å². The lowest BCUT2D eigenvalue weighted by Gasteiger charge is -2.13. The van der Waals surface area contributed by atoms with Crippen LogP contribution in [-0.4, -0.2) is 44.0 Å². The van der Waals surface area contributed by atoms with E-state index in [0.29, 0.717) is 41.6 Å². The Morgan fingerprint density at radius 3 is 2.96 bits per heavy atom. The Bertz CT molecular complexity index is 1040. The molecule has 0 radical (unpaired) electrons. The number of aromatic nitrogens is 4. The van der Waals surface area contributed by atoms with E-state index in [1.807, 2.05) is 0 Å². The van der Waals surface area contributed by atoms with Crippen molar-refractivity contribution in [3.63, 3.8) is 0 Å². The van der Waals surface area contributed by atoms with E-state index in [9.17, 15) is 4.39 Å². The van der Waals surface area contributed by atoms with E-state index in [2.05, 4.69) is 36.8 Å². The molecule has 0 bridgehead atoms. The number of fused-ring (bicyclic) bond motifs is 1. The van der Waals surface area contributed by atoms with Crippen molar-refractivity contribution in [2.45, 2.75) is 12.5 Å². The van der Waals surface area contributed by atoms with Gasteiger partial charge in [-0.1, -0.05) is 11.6 Å². The molecule has 3 aromatic rings. The van der Waals surface area contributed by atoms with Gasteiger partial charge in [0.25, 0.3) is 0 Å². The molecule has 0 aliphatic carbocycles. The molecule has 1 aliphatic heterocycles. The van der Waals surface area contributed by atoms with Crippen molar-refractivity contribution in [1.29, 1.82) is 5.26 Å². The molecule has 1 saturated heterocycles. The summed E-state index contributed by atoms with van der Waals surface area (Å²) in [5.41, 5.74) is 1.66. The first-order chi connectivity index (χ1) is 13.1. The summed E-state index contributed by atoms with van der Waals surface area (Å²) in [6, 6.07) is 4.40. The van der Waals surface area contributed by atoms with E-state index in [1.165, 1.54) is 18.5 Å². The molecule has 1 unspecified atom stereocenters. The van der Waals surface area contributed by atoms with Crippen LogP contribution in [0.2, 0.25) is 5.02 Å². The molecule has 1 aromatic carbocycles. The molecule has 10 heteroatoms. The van der Waals surface area contributed by atoms with Crippen molar-refractivity contribution in [3.8, 4) is 6.19 Å². The number of hydrogen-bond acceptors (Lipinski definition) is 8. The van der Waals surface area contributed by atoms with Crippen LogP contribution in [0.25, 0.3) is 11.0 Å². The molecule has 1 atom stereocenters. The van der Waals surface area contributed by atoms with Crippen LogP contribution in [0.15, 0.2) is 30.7 Å². The zero-order valence-electron chi connectivity index (χ0n) is 14.0. The van der Waals surface area contributed by atoms with Gasteiger partial charge in [-0.3, -0.25) is 0 Å². The van der Waals surface area contributed by atoms with Gasteiger partial charge in [-0.25, -0.2) is 24.3 Å². The number of rotatable bonds is 4. The summed E-state index contributed by atoms with van der Waals surface area (Å²) in [7, 11) is 0. The SMILES string of the molecule is N#CN1CCC(Nc2ncc3ncnc(Nc4ccc(F)c(Cl)c4)c3n2)C1.